The summed E-state index contributed by atoms with van der Waals surface area (Å²) in [6.45, 7) is 6.00. The van der Waals surface area contributed by atoms with Crippen LogP contribution in [0.15, 0.2) is 24.3 Å². The summed E-state index contributed by atoms with van der Waals surface area (Å²) in [6.07, 6.45) is 0.218. The summed E-state index contributed by atoms with van der Waals surface area (Å²) in [7, 11) is 1.59. The molecular weight excluding hydrogens is 294 g/mol. The topological polar surface area (TPSA) is 73.3 Å². The molecule has 0 atom stereocenters. The van der Waals surface area contributed by atoms with E-state index >= 15 is 0 Å². The van der Waals surface area contributed by atoms with Gasteiger partial charge in [0, 0.05) is 5.56 Å². The number of nitrogens with one attached hydrogen (secondary N) is 1. The van der Waals surface area contributed by atoms with Gasteiger partial charge in [0.15, 0.2) is 0 Å². The second kappa shape index (κ2) is 7.58. The van der Waals surface area contributed by atoms with Gasteiger partial charge in [0.1, 0.15) is 5.75 Å². The quantitative estimate of drug-likeness (QED) is 0.887. The Morgan fingerprint density at radius 3 is 2.43 bits per heavy atom. The molecule has 0 aliphatic rings. The molecule has 6 nitrogen and oxygen atoms in total. The monoisotopic (exact) mass is 315 g/mol. The number of nitrogens with zero attached hydrogens (tertiary/aromatic N) is 2. The Balaban J connectivity index is 2.14. The third-order valence-electron chi connectivity index (χ3n) is 3.33. The second-order valence-corrected chi connectivity index (χ2v) is 5.02. The molecule has 1 aromatic carbocycles. The minimum absolute atomic E-state index is 0.145. The van der Waals surface area contributed by atoms with Crippen molar-refractivity contribution in [1.82, 2.24) is 9.97 Å². The van der Waals surface area contributed by atoms with Crippen LogP contribution in [-0.4, -0.2) is 29.6 Å². The van der Waals surface area contributed by atoms with E-state index in [1.165, 1.54) is 0 Å². The van der Waals surface area contributed by atoms with Crippen molar-refractivity contribution in [3.8, 4) is 11.8 Å². The summed E-state index contributed by atoms with van der Waals surface area (Å²) in [4.78, 5) is 20.8. The number of carbonyl (C=O) groups excluding carboxylic acids is 1. The summed E-state index contributed by atoms with van der Waals surface area (Å²) in [5.41, 5.74) is 2.80. The van der Waals surface area contributed by atoms with Crippen LogP contribution in [0.4, 0.5) is 5.69 Å². The number of para-hydroxylation sites is 1. The number of amides is 1. The van der Waals surface area contributed by atoms with Crippen molar-refractivity contribution in [3.05, 3.63) is 41.2 Å². The van der Waals surface area contributed by atoms with E-state index in [-0.39, 0.29) is 12.3 Å². The predicted molar refractivity (Wildman–Crippen MR) is 88.0 cm³/mol. The highest BCUT2D eigenvalue weighted by Gasteiger charge is 2.14. The molecule has 122 valence electrons. The molecule has 0 aliphatic heterocycles. The number of methoxy groups -OCH3 is 1. The predicted octanol–water partition coefficient (Wildman–Crippen LogP) is 2.68. The lowest BCUT2D eigenvalue weighted by Crippen LogP contribution is -2.17. The maximum Gasteiger partial charge on any atom is 0.316 e. The van der Waals surface area contributed by atoms with Crippen molar-refractivity contribution >= 4 is 11.6 Å². The smallest absolute Gasteiger partial charge is 0.316 e. The fraction of sp³-hybridized carbons (Fsp3) is 0.353. The summed E-state index contributed by atoms with van der Waals surface area (Å²) >= 11 is 0. The van der Waals surface area contributed by atoms with Crippen LogP contribution in [0.25, 0.3) is 0 Å². The molecule has 1 aromatic heterocycles. The van der Waals surface area contributed by atoms with E-state index in [2.05, 4.69) is 15.3 Å². The van der Waals surface area contributed by atoms with E-state index in [1.54, 1.807) is 7.11 Å². The first kappa shape index (κ1) is 16.7. The number of aromatic nitrogens is 2. The molecular formula is C17H21N3O3. The standard InChI is InChI=1S/C17H21N3O3/c1-5-23-17-18-11(2)16(12(3)19-17)20-15(21)10-13-8-6-7-9-14(13)22-4/h6-9H,5,10H2,1-4H3,(H,20,21). The SMILES string of the molecule is CCOc1nc(C)c(NC(=O)Cc2ccccc2OC)c(C)n1. The van der Waals surface area contributed by atoms with Gasteiger partial charge in [-0.05, 0) is 26.8 Å². The van der Waals surface area contributed by atoms with Crippen molar-refractivity contribution in [3.63, 3.8) is 0 Å². The van der Waals surface area contributed by atoms with Crippen LogP contribution >= 0.6 is 0 Å². The molecule has 1 N–H and O–H groups in total. The Morgan fingerprint density at radius 2 is 1.83 bits per heavy atom. The Kier molecular flexibility index (Phi) is 5.51. The number of hydrogen-bond donors (Lipinski definition) is 1. The molecule has 0 spiro atoms. The van der Waals surface area contributed by atoms with Gasteiger partial charge in [-0.1, -0.05) is 18.2 Å². The maximum absolute atomic E-state index is 12.3. The van der Waals surface area contributed by atoms with Crippen LogP contribution in [0.2, 0.25) is 0 Å². The first-order valence-electron chi connectivity index (χ1n) is 7.45. The van der Waals surface area contributed by atoms with Crippen LogP contribution in [0, 0.1) is 13.8 Å². The van der Waals surface area contributed by atoms with Gasteiger partial charge < -0.3 is 14.8 Å². The zero-order valence-electron chi connectivity index (χ0n) is 13.8. The highest BCUT2D eigenvalue weighted by molar-refractivity contribution is 5.93. The lowest BCUT2D eigenvalue weighted by Gasteiger charge is -2.13. The second-order valence-electron chi connectivity index (χ2n) is 5.02. The lowest BCUT2D eigenvalue weighted by molar-refractivity contribution is -0.115. The van der Waals surface area contributed by atoms with Crippen molar-refractivity contribution in [2.24, 2.45) is 0 Å². The van der Waals surface area contributed by atoms with Crippen LogP contribution in [0.3, 0.4) is 0 Å². The van der Waals surface area contributed by atoms with Gasteiger partial charge in [-0.3, -0.25) is 4.79 Å². The zero-order chi connectivity index (χ0) is 16.8. The molecule has 0 saturated heterocycles. The van der Waals surface area contributed by atoms with Gasteiger partial charge >= 0.3 is 6.01 Å². The number of rotatable bonds is 6. The molecule has 23 heavy (non-hydrogen) atoms. The fourth-order valence-electron chi connectivity index (χ4n) is 2.27. The number of carbonyl (C=O) groups is 1. The lowest BCUT2D eigenvalue weighted by atomic mass is 10.1. The van der Waals surface area contributed by atoms with Gasteiger partial charge in [0.25, 0.3) is 0 Å². The third kappa shape index (κ3) is 4.18. The molecule has 2 aromatic rings. The van der Waals surface area contributed by atoms with E-state index in [0.717, 1.165) is 5.56 Å². The third-order valence-corrected chi connectivity index (χ3v) is 3.33. The van der Waals surface area contributed by atoms with E-state index in [0.29, 0.717) is 35.4 Å². The normalized spacial score (nSPS) is 10.3. The van der Waals surface area contributed by atoms with Crippen molar-refractivity contribution in [2.75, 3.05) is 19.0 Å². The van der Waals surface area contributed by atoms with Crippen LogP contribution in [-0.2, 0) is 11.2 Å². The Morgan fingerprint density at radius 1 is 1.17 bits per heavy atom. The van der Waals surface area contributed by atoms with Gasteiger partial charge in [-0.25, -0.2) is 0 Å². The summed E-state index contributed by atoms with van der Waals surface area (Å²) in [5, 5.41) is 2.87. The van der Waals surface area contributed by atoms with Gasteiger partial charge in [0.05, 0.1) is 37.2 Å². The maximum atomic E-state index is 12.3. The minimum Gasteiger partial charge on any atom is -0.496 e. The van der Waals surface area contributed by atoms with Crippen molar-refractivity contribution < 1.29 is 14.3 Å². The van der Waals surface area contributed by atoms with E-state index in [9.17, 15) is 4.79 Å². The largest absolute Gasteiger partial charge is 0.496 e. The first-order chi connectivity index (χ1) is 11.0. The summed E-state index contributed by atoms with van der Waals surface area (Å²) in [5.74, 6) is 0.549. The number of ether oxygens (including phenoxy) is 2. The van der Waals surface area contributed by atoms with Gasteiger partial charge in [0.2, 0.25) is 5.91 Å². The first-order valence-corrected chi connectivity index (χ1v) is 7.45. The minimum atomic E-state index is -0.145. The molecule has 0 unspecified atom stereocenters. The van der Waals surface area contributed by atoms with Crippen LogP contribution in [0.1, 0.15) is 23.9 Å². The van der Waals surface area contributed by atoms with Gasteiger partial charge in [-0.2, -0.15) is 9.97 Å². The molecule has 2 rings (SSSR count). The average molecular weight is 315 g/mol. The number of hydrogen-bond acceptors (Lipinski definition) is 5. The van der Waals surface area contributed by atoms with Crippen LogP contribution in [0.5, 0.6) is 11.8 Å². The van der Waals surface area contributed by atoms with Crippen molar-refractivity contribution in [1.29, 1.82) is 0 Å². The van der Waals surface area contributed by atoms with Gasteiger partial charge in [-0.15, -0.1) is 0 Å². The number of anilines is 1. The average Bonchev–Trinajstić information content (AvgIpc) is 2.52. The fourth-order valence-corrected chi connectivity index (χ4v) is 2.27. The number of aryl methyl sites for hydroxylation is 2. The summed E-state index contributed by atoms with van der Waals surface area (Å²) in [6, 6.07) is 7.77. The molecule has 0 fully saturated rings. The zero-order valence-corrected chi connectivity index (χ0v) is 13.8. The Hall–Kier alpha value is -2.63. The summed E-state index contributed by atoms with van der Waals surface area (Å²) < 4.78 is 10.6. The van der Waals surface area contributed by atoms with Crippen LogP contribution < -0.4 is 14.8 Å². The van der Waals surface area contributed by atoms with Crippen molar-refractivity contribution in [2.45, 2.75) is 27.2 Å². The highest BCUT2D eigenvalue weighted by Crippen LogP contribution is 2.21. The molecule has 0 saturated carbocycles. The Labute approximate surface area is 135 Å². The number of benzene rings is 1. The molecule has 1 heterocycles. The molecule has 6 heteroatoms. The van der Waals surface area contributed by atoms with E-state index in [1.807, 2.05) is 45.0 Å². The highest BCUT2D eigenvalue weighted by atomic mass is 16.5. The van der Waals surface area contributed by atoms with E-state index < -0.39 is 0 Å². The molecule has 1 amide bonds. The molecule has 0 radical (unpaired) electrons. The molecule has 0 bridgehead atoms. The molecule has 0 aliphatic carbocycles. The Bertz CT molecular complexity index is 678. The van der Waals surface area contributed by atoms with E-state index in [4.69, 9.17) is 9.47 Å².